The van der Waals surface area contributed by atoms with Crippen molar-refractivity contribution >= 4 is 24.0 Å². The molecule has 3 heterocycles. The van der Waals surface area contributed by atoms with Crippen LogP contribution in [-0.2, 0) is 0 Å². The first kappa shape index (κ1) is 16.7. The van der Waals surface area contributed by atoms with E-state index in [1.54, 1.807) is 4.52 Å². The minimum absolute atomic E-state index is 0. The van der Waals surface area contributed by atoms with Crippen molar-refractivity contribution in [3.63, 3.8) is 0 Å². The Hall–Kier alpha value is -1.66. The molecule has 7 heteroatoms. The van der Waals surface area contributed by atoms with Crippen LogP contribution < -0.4 is 10.6 Å². The molecule has 1 saturated heterocycles. The minimum atomic E-state index is -0.0753. The SMILES string of the molecule is Cc1cc(C)n2nc(C)c(C(=O)N[C@H]3CCCNC3)c2n1.Cl. The average molecular weight is 324 g/mol. The van der Waals surface area contributed by atoms with Crippen molar-refractivity contribution < 1.29 is 4.79 Å². The molecule has 0 saturated carbocycles. The number of halogens is 1. The first-order valence-corrected chi connectivity index (χ1v) is 7.41. The van der Waals surface area contributed by atoms with E-state index in [0.717, 1.165) is 43.0 Å². The van der Waals surface area contributed by atoms with Crippen molar-refractivity contribution in [2.75, 3.05) is 13.1 Å². The summed E-state index contributed by atoms with van der Waals surface area (Å²) in [6.07, 6.45) is 2.11. The monoisotopic (exact) mass is 323 g/mol. The van der Waals surface area contributed by atoms with Gasteiger partial charge in [0, 0.05) is 24.0 Å². The number of carbonyl (C=O) groups is 1. The first-order valence-electron chi connectivity index (χ1n) is 7.41. The molecule has 120 valence electrons. The molecule has 1 amide bonds. The van der Waals surface area contributed by atoms with Gasteiger partial charge in [0.2, 0.25) is 0 Å². The highest BCUT2D eigenvalue weighted by atomic mass is 35.5. The fourth-order valence-electron chi connectivity index (χ4n) is 2.93. The van der Waals surface area contributed by atoms with Gasteiger partial charge in [-0.05, 0) is 46.2 Å². The summed E-state index contributed by atoms with van der Waals surface area (Å²) in [6.45, 7) is 7.62. The molecular formula is C15H22ClN5O. The standard InChI is InChI=1S/C15H21N5O.ClH/c1-9-7-10(2)20-14(17-9)13(11(3)19-20)15(21)18-12-5-4-6-16-8-12;/h7,12,16H,4-6,8H2,1-3H3,(H,18,21);1H/t12-;/m0./s1. The molecule has 1 atom stereocenters. The van der Waals surface area contributed by atoms with Crippen molar-refractivity contribution in [1.29, 1.82) is 0 Å². The van der Waals surface area contributed by atoms with Gasteiger partial charge < -0.3 is 10.6 Å². The number of piperidine rings is 1. The summed E-state index contributed by atoms with van der Waals surface area (Å²) in [6, 6.07) is 2.15. The molecular weight excluding hydrogens is 302 g/mol. The molecule has 22 heavy (non-hydrogen) atoms. The van der Waals surface area contributed by atoms with E-state index in [2.05, 4.69) is 20.7 Å². The predicted molar refractivity (Wildman–Crippen MR) is 87.8 cm³/mol. The van der Waals surface area contributed by atoms with Crippen molar-refractivity contribution in [2.24, 2.45) is 0 Å². The van der Waals surface area contributed by atoms with Gasteiger partial charge in [-0.2, -0.15) is 5.10 Å². The molecule has 1 aliphatic heterocycles. The number of fused-ring (bicyclic) bond motifs is 1. The Morgan fingerprint density at radius 3 is 2.86 bits per heavy atom. The van der Waals surface area contributed by atoms with Gasteiger partial charge in [-0.3, -0.25) is 4.79 Å². The molecule has 2 aromatic heterocycles. The van der Waals surface area contributed by atoms with E-state index in [0.29, 0.717) is 11.2 Å². The third kappa shape index (κ3) is 3.08. The van der Waals surface area contributed by atoms with Crippen LogP contribution >= 0.6 is 12.4 Å². The quantitative estimate of drug-likeness (QED) is 0.880. The van der Waals surface area contributed by atoms with Crippen LogP contribution in [0.5, 0.6) is 0 Å². The fraction of sp³-hybridized carbons (Fsp3) is 0.533. The van der Waals surface area contributed by atoms with Crippen molar-refractivity contribution in [3.05, 3.63) is 28.7 Å². The summed E-state index contributed by atoms with van der Waals surface area (Å²) in [5.74, 6) is -0.0753. The zero-order valence-corrected chi connectivity index (χ0v) is 14.0. The summed E-state index contributed by atoms with van der Waals surface area (Å²) in [5, 5.41) is 10.8. The summed E-state index contributed by atoms with van der Waals surface area (Å²) < 4.78 is 1.75. The number of aromatic nitrogens is 3. The van der Waals surface area contributed by atoms with E-state index in [-0.39, 0.29) is 24.4 Å². The van der Waals surface area contributed by atoms with Crippen LogP contribution in [0.15, 0.2) is 6.07 Å². The highest BCUT2D eigenvalue weighted by molar-refractivity contribution is 6.01. The highest BCUT2D eigenvalue weighted by Crippen LogP contribution is 2.16. The zero-order chi connectivity index (χ0) is 15.0. The Labute approximate surface area is 136 Å². The molecule has 6 nitrogen and oxygen atoms in total. The Morgan fingerprint density at radius 1 is 1.41 bits per heavy atom. The van der Waals surface area contributed by atoms with Crippen molar-refractivity contribution in [3.8, 4) is 0 Å². The Kier molecular flexibility index (Phi) is 5.03. The number of hydrogen-bond donors (Lipinski definition) is 2. The number of nitrogens with zero attached hydrogens (tertiary/aromatic N) is 3. The van der Waals surface area contributed by atoms with Gasteiger partial charge >= 0.3 is 0 Å². The maximum atomic E-state index is 12.6. The lowest BCUT2D eigenvalue weighted by atomic mass is 10.1. The molecule has 1 fully saturated rings. The van der Waals surface area contributed by atoms with Crippen LogP contribution in [-0.4, -0.2) is 39.6 Å². The average Bonchev–Trinajstić information content (AvgIpc) is 2.76. The summed E-state index contributed by atoms with van der Waals surface area (Å²) in [5.41, 5.74) is 3.84. The third-order valence-electron chi connectivity index (χ3n) is 3.93. The second-order valence-electron chi connectivity index (χ2n) is 5.75. The van der Waals surface area contributed by atoms with Crippen LogP contribution in [0.1, 0.15) is 40.3 Å². The van der Waals surface area contributed by atoms with Crippen LogP contribution in [0, 0.1) is 20.8 Å². The summed E-state index contributed by atoms with van der Waals surface area (Å²) in [7, 11) is 0. The van der Waals surface area contributed by atoms with Crippen LogP contribution in [0.2, 0.25) is 0 Å². The smallest absolute Gasteiger partial charge is 0.257 e. The Morgan fingerprint density at radius 2 is 2.18 bits per heavy atom. The lowest BCUT2D eigenvalue weighted by Crippen LogP contribution is -2.45. The molecule has 2 aromatic rings. The molecule has 0 aliphatic carbocycles. The minimum Gasteiger partial charge on any atom is -0.348 e. The molecule has 3 rings (SSSR count). The maximum Gasteiger partial charge on any atom is 0.257 e. The number of rotatable bonds is 2. The molecule has 1 aliphatic rings. The van der Waals surface area contributed by atoms with Gasteiger partial charge in [0.15, 0.2) is 5.65 Å². The second kappa shape index (κ2) is 6.62. The normalized spacial score (nSPS) is 18.0. The lowest BCUT2D eigenvalue weighted by Gasteiger charge is -2.23. The number of aryl methyl sites for hydroxylation is 3. The van der Waals surface area contributed by atoms with E-state index >= 15 is 0 Å². The topological polar surface area (TPSA) is 71.3 Å². The van der Waals surface area contributed by atoms with Gasteiger partial charge in [0.1, 0.15) is 5.56 Å². The number of nitrogens with one attached hydrogen (secondary N) is 2. The number of carbonyl (C=O) groups excluding carboxylic acids is 1. The summed E-state index contributed by atoms with van der Waals surface area (Å²) >= 11 is 0. The first-order chi connectivity index (χ1) is 10.1. The molecule has 0 aromatic carbocycles. The van der Waals surface area contributed by atoms with Crippen molar-refractivity contribution in [1.82, 2.24) is 25.2 Å². The zero-order valence-electron chi connectivity index (χ0n) is 13.1. The third-order valence-corrected chi connectivity index (χ3v) is 3.93. The van der Waals surface area contributed by atoms with E-state index in [9.17, 15) is 4.79 Å². The van der Waals surface area contributed by atoms with Crippen LogP contribution in [0.3, 0.4) is 0 Å². The van der Waals surface area contributed by atoms with Gasteiger partial charge in [-0.25, -0.2) is 9.50 Å². The van der Waals surface area contributed by atoms with E-state index in [1.807, 2.05) is 26.8 Å². The Balaban J connectivity index is 0.00000176. The lowest BCUT2D eigenvalue weighted by molar-refractivity contribution is 0.0931. The molecule has 2 N–H and O–H groups in total. The fourth-order valence-corrected chi connectivity index (χ4v) is 2.93. The second-order valence-corrected chi connectivity index (χ2v) is 5.75. The molecule has 0 radical (unpaired) electrons. The molecule has 0 unspecified atom stereocenters. The Bertz CT molecular complexity index is 691. The van der Waals surface area contributed by atoms with Gasteiger partial charge in [0.25, 0.3) is 5.91 Å². The summed E-state index contributed by atoms with van der Waals surface area (Å²) in [4.78, 5) is 17.1. The van der Waals surface area contributed by atoms with Gasteiger partial charge in [-0.15, -0.1) is 12.4 Å². The number of amides is 1. The maximum absolute atomic E-state index is 12.6. The van der Waals surface area contributed by atoms with Crippen molar-refractivity contribution in [2.45, 2.75) is 39.7 Å². The molecule has 0 bridgehead atoms. The highest BCUT2D eigenvalue weighted by Gasteiger charge is 2.22. The number of hydrogen-bond acceptors (Lipinski definition) is 4. The van der Waals surface area contributed by atoms with Crippen LogP contribution in [0.25, 0.3) is 5.65 Å². The van der Waals surface area contributed by atoms with Gasteiger partial charge in [0.05, 0.1) is 5.69 Å². The van der Waals surface area contributed by atoms with E-state index in [1.165, 1.54) is 0 Å². The molecule has 0 spiro atoms. The van der Waals surface area contributed by atoms with Gasteiger partial charge in [-0.1, -0.05) is 0 Å². The van der Waals surface area contributed by atoms with Crippen LogP contribution in [0.4, 0.5) is 0 Å². The van der Waals surface area contributed by atoms with E-state index in [4.69, 9.17) is 0 Å². The predicted octanol–water partition coefficient (Wildman–Crippen LogP) is 1.56. The largest absolute Gasteiger partial charge is 0.348 e. The van der Waals surface area contributed by atoms with E-state index < -0.39 is 0 Å².